The molecule has 0 aliphatic heterocycles. The lowest BCUT2D eigenvalue weighted by Crippen LogP contribution is -2.35. The quantitative estimate of drug-likeness (QED) is 0.762. The molecule has 4 nitrogen and oxygen atoms in total. The molecule has 0 heterocycles. The van der Waals surface area contributed by atoms with Crippen molar-refractivity contribution in [3.05, 3.63) is 35.4 Å². The molecule has 0 aliphatic carbocycles. The number of rotatable bonds is 6. The molecule has 1 aromatic rings. The smallest absolute Gasteiger partial charge is 0.252 e. The van der Waals surface area contributed by atoms with Crippen molar-refractivity contribution in [2.24, 2.45) is 5.73 Å². The van der Waals surface area contributed by atoms with Crippen molar-refractivity contribution in [3.8, 4) is 11.8 Å². The van der Waals surface area contributed by atoms with Gasteiger partial charge in [-0.3, -0.25) is 4.79 Å². The summed E-state index contributed by atoms with van der Waals surface area (Å²) in [7, 11) is 0. The average Bonchev–Trinajstić information content (AvgIpc) is 2.49. The Morgan fingerprint density at radius 2 is 2.00 bits per heavy atom. The van der Waals surface area contributed by atoms with Gasteiger partial charge in [0.25, 0.3) is 5.91 Å². The van der Waals surface area contributed by atoms with Crippen molar-refractivity contribution in [3.63, 3.8) is 0 Å². The maximum Gasteiger partial charge on any atom is 0.252 e. The first-order valence-electron chi connectivity index (χ1n) is 7.01. The molecule has 0 atom stereocenters. The summed E-state index contributed by atoms with van der Waals surface area (Å²) < 4.78 is 0. The maximum absolute atomic E-state index is 12.2. The van der Waals surface area contributed by atoms with E-state index in [2.05, 4.69) is 35.9 Å². The molecule has 0 bridgehead atoms. The largest absolute Gasteiger partial charge is 0.351 e. The van der Waals surface area contributed by atoms with Crippen LogP contribution in [0.3, 0.4) is 0 Å². The Kier molecular flexibility index (Phi) is 7.41. The van der Waals surface area contributed by atoms with E-state index in [1.807, 2.05) is 18.2 Å². The molecule has 4 heteroatoms. The standard InChI is InChI=1S/C16H23N3O/c1-3-19(4-2)13-12-18-16(20)15-10-6-5-8-14(15)9-7-11-17/h5-6,8,10H,3-4,11-13,17H2,1-2H3,(H,18,20). The summed E-state index contributed by atoms with van der Waals surface area (Å²) >= 11 is 0. The minimum Gasteiger partial charge on any atom is -0.351 e. The van der Waals surface area contributed by atoms with Gasteiger partial charge in [0, 0.05) is 18.7 Å². The van der Waals surface area contributed by atoms with Gasteiger partial charge in [0.15, 0.2) is 0 Å². The van der Waals surface area contributed by atoms with Crippen molar-refractivity contribution >= 4 is 5.91 Å². The summed E-state index contributed by atoms with van der Waals surface area (Å²) in [4.78, 5) is 14.4. The fraction of sp³-hybridized carbons (Fsp3) is 0.438. The van der Waals surface area contributed by atoms with Crippen molar-refractivity contribution < 1.29 is 4.79 Å². The van der Waals surface area contributed by atoms with E-state index < -0.39 is 0 Å². The molecule has 0 unspecified atom stereocenters. The summed E-state index contributed by atoms with van der Waals surface area (Å²) in [5.41, 5.74) is 6.69. The van der Waals surface area contributed by atoms with Crippen LogP contribution >= 0.6 is 0 Å². The summed E-state index contributed by atoms with van der Waals surface area (Å²) in [5.74, 6) is 5.63. The van der Waals surface area contributed by atoms with Crippen LogP contribution in [0.4, 0.5) is 0 Å². The number of hydrogen-bond donors (Lipinski definition) is 2. The van der Waals surface area contributed by atoms with Crippen LogP contribution in [0, 0.1) is 11.8 Å². The number of nitrogens with two attached hydrogens (primary N) is 1. The van der Waals surface area contributed by atoms with E-state index in [1.165, 1.54) is 0 Å². The fourth-order valence-corrected chi connectivity index (χ4v) is 1.90. The number of hydrogen-bond acceptors (Lipinski definition) is 3. The predicted molar refractivity (Wildman–Crippen MR) is 82.5 cm³/mol. The molecule has 0 radical (unpaired) electrons. The molecular weight excluding hydrogens is 250 g/mol. The Morgan fingerprint density at radius 3 is 2.65 bits per heavy atom. The van der Waals surface area contributed by atoms with E-state index in [1.54, 1.807) is 6.07 Å². The molecule has 108 valence electrons. The zero-order valence-corrected chi connectivity index (χ0v) is 12.3. The van der Waals surface area contributed by atoms with E-state index in [4.69, 9.17) is 5.73 Å². The molecule has 0 saturated carbocycles. The molecule has 1 amide bonds. The van der Waals surface area contributed by atoms with Crippen molar-refractivity contribution in [2.75, 3.05) is 32.7 Å². The van der Waals surface area contributed by atoms with Gasteiger partial charge in [-0.05, 0) is 25.2 Å². The highest BCUT2D eigenvalue weighted by Crippen LogP contribution is 2.06. The minimum atomic E-state index is -0.0842. The van der Waals surface area contributed by atoms with Gasteiger partial charge in [0.2, 0.25) is 0 Å². The van der Waals surface area contributed by atoms with Crippen LogP contribution in [-0.4, -0.2) is 43.5 Å². The molecule has 0 aliphatic rings. The van der Waals surface area contributed by atoms with Gasteiger partial charge in [-0.2, -0.15) is 0 Å². The summed E-state index contributed by atoms with van der Waals surface area (Å²) in [6, 6.07) is 7.33. The number of nitrogens with zero attached hydrogens (tertiary/aromatic N) is 1. The highest BCUT2D eigenvalue weighted by Gasteiger charge is 2.09. The molecule has 1 aromatic carbocycles. The molecular formula is C16H23N3O. The van der Waals surface area contributed by atoms with E-state index in [9.17, 15) is 4.79 Å². The van der Waals surface area contributed by atoms with E-state index in [0.29, 0.717) is 12.1 Å². The first kappa shape index (κ1) is 16.2. The van der Waals surface area contributed by atoms with Crippen molar-refractivity contribution in [2.45, 2.75) is 13.8 Å². The predicted octanol–water partition coefficient (Wildman–Crippen LogP) is 1.07. The topological polar surface area (TPSA) is 58.4 Å². The van der Waals surface area contributed by atoms with Gasteiger partial charge in [-0.25, -0.2) is 0 Å². The number of benzene rings is 1. The van der Waals surface area contributed by atoms with Crippen LogP contribution in [0.1, 0.15) is 29.8 Å². The Morgan fingerprint density at radius 1 is 1.30 bits per heavy atom. The number of carbonyl (C=O) groups excluding carboxylic acids is 1. The molecule has 1 rings (SSSR count). The van der Waals surface area contributed by atoms with Crippen LogP contribution in [-0.2, 0) is 0 Å². The Labute approximate surface area is 121 Å². The first-order chi connectivity index (χ1) is 9.72. The summed E-state index contributed by atoms with van der Waals surface area (Å²) in [5, 5.41) is 2.94. The second kappa shape index (κ2) is 9.13. The summed E-state index contributed by atoms with van der Waals surface area (Å²) in [6.45, 7) is 7.99. The third-order valence-electron chi connectivity index (χ3n) is 3.10. The maximum atomic E-state index is 12.2. The minimum absolute atomic E-state index is 0.0842. The average molecular weight is 273 g/mol. The highest BCUT2D eigenvalue weighted by atomic mass is 16.1. The zero-order chi connectivity index (χ0) is 14.8. The fourth-order valence-electron chi connectivity index (χ4n) is 1.90. The van der Waals surface area contributed by atoms with Crippen LogP contribution in [0.15, 0.2) is 24.3 Å². The molecule has 0 aromatic heterocycles. The second-order valence-electron chi connectivity index (χ2n) is 4.33. The van der Waals surface area contributed by atoms with Crippen molar-refractivity contribution in [1.82, 2.24) is 10.2 Å². The van der Waals surface area contributed by atoms with E-state index in [0.717, 1.165) is 25.2 Å². The summed E-state index contributed by atoms with van der Waals surface area (Å²) in [6.07, 6.45) is 0. The van der Waals surface area contributed by atoms with Crippen molar-refractivity contribution in [1.29, 1.82) is 0 Å². The second-order valence-corrected chi connectivity index (χ2v) is 4.33. The van der Waals surface area contributed by atoms with Gasteiger partial charge in [0.1, 0.15) is 0 Å². The van der Waals surface area contributed by atoms with Crippen LogP contribution < -0.4 is 11.1 Å². The zero-order valence-electron chi connectivity index (χ0n) is 12.3. The Bertz CT molecular complexity index is 484. The van der Waals surface area contributed by atoms with Gasteiger partial charge < -0.3 is 16.0 Å². The number of nitrogens with one attached hydrogen (secondary N) is 1. The van der Waals surface area contributed by atoms with Gasteiger partial charge in [-0.15, -0.1) is 0 Å². The molecule has 0 spiro atoms. The highest BCUT2D eigenvalue weighted by molar-refractivity contribution is 5.96. The lowest BCUT2D eigenvalue weighted by molar-refractivity contribution is 0.0948. The lowest BCUT2D eigenvalue weighted by atomic mass is 10.1. The third kappa shape index (κ3) is 5.04. The SMILES string of the molecule is CCN(CC)CCNC(=O)c1ccccc1C#CCN. The van der Waals surface area contributed by atoms with Gasteiger partial charge in [-0.1, -0.05) is 37.8 Å². The Balaban J connectivity index is 2.63. The molecule has 3 N–H and O–H groups in total. The molecule has 0 saturated heterocycles. The molecule has 20 heavy (non-hydrogen) atoms. The van der Waals surface area contributed by atoms with E-state index >= 15 is 0 Å². The number of carbonyl (C=O) groups is 1. The number of likely N-dealkylation sites (N-methyl/N-ethyl adjacent to an activating group) is 1. The molecule has 0 fully saturated rings. The van der Waals surface area contributed by atoms with Crippen LogP contribution in [0.5, 0.6) is 0 Å². The van der Waals surface area contributed by atoms with E-state index in [-0.39, 0.29) is 12.5 Å². The number of amides is 1. The van der Waals surface area contributed by atoms with Gasteiger partial charge in [0.05, 0.1) is 12.1 Å². The van der Waals surface area contributed by atoms with Crippen LogP contribution in [0.2, 0.25) is 0 Å². The Hall–Kier alpha value is -1.83. The van der Waals surface area contributed by atoms with Crippen LogP contribution in [0.25, 0.3) is 0 Å². The van der Waals surface area contributed by atoms with Gasteiger partial charge >= 0.3 is 0 Å². The monoisotopic (exact) mass is 273 g/mol. The first-order valence-corrected chi connectivity index (χ1v) is 7.01. The normalized spacial score (nSPS) is 10.0. The lowest BCUT2D eigenvalue weighted by Gasteiger charge is -2.18. The third-order valence-corrected chi connectivity index (χ3v) is 3.10.